The van der Waals surface area contributed by atoms with E-state index in [0.29, 0.717) is 0 Å². The van der Waals surface area contributed by atoms with E-state index in [1.807, 2.05) is 0 Å². The van der Waals surface area contributed by atoms with Crippen molar-refractivity contribution >= 4 is 0 Å². The summed E-state index contributed by atoms with van der Waals surface area (Å²) in [7, 11) is 0. The van der Waals surface area contributed by atoms with Gasteiger partial charge in [-0.2, -0.15) is 0 Å². The van der Waals surface area contributed by atoms with E-state index in [0.717, 1.165) is 0 Å². The van der Waals surface area contributed by atoms with Gasteiger partial charge in [-0.25, -0.2) is 0 Å². The molecule has 1 fully saturated rings. The molecule has 1 aliphatic rings. The zero-order valence-corrected chi connectivity index (χ0v) is 10.6. The number of likely N-dealkylation sites (tertiary alicyclic amines) is 1. The number of rotatable bonds is 5. The van der Waals surface area contributed by atoms with E-state index in [-0.39, 0.29) is 0 Å². The molecule has 0 N–H and O–H groups in total. The smallest absolute Gasteiger partial charge is 0.0165 e. The average molecular weight is 207 g/mol. The lowest BCUT2D eigenvalue weighted by Crippen LogP contribution is -2.18. The number of hydrogen-bond acceptors (Lipinski definition) is 1. The Morgan fingerprint density at radius 2 is 1.73 bits per heavy atom. The van der Waals surface area contributed by atoms with Gasteiger partial charge in [0.1, 0.15) is 0 Å². The molecule has 0 aromatic heterocycles. The minimum absolute atomic E-state index is 1.17. The van der Waals surface area contributed by atoms with Crippen molar-refractivity contribution in [2.45, 2.75) is 46.5 Å². The highest BCUT2D eigenvalue weighted by Gasteiger charge is 2.08. The Kier molecular flexibility index (Phi) is 5.70. The van der Waals surface area contributed by atoms with Crippen LogP contribution in [-0.4, -0.2) is 24.5 Å². The molecule has 15 heavy (non-hydrogen) atoms. The van der Waals surface area contributed by atoms with Crippen molar-refractivity contribution in [1.82, 2.24) is 4.90 Å². The topological polar surface area (TPSA) is 3.24 Å². The monoisotopic (exact) mass is 207 g/mol. The molecule has 0 bridgehead atoms. The zero-order chi connectivity index (χ0) is 11.1. The number of hydrogen-bond donors (Lipinski definition) is 0. The van der Waals surface area contributed by atoms with Gasteiger partial charge in [-0.1, -0.05) is 23.3 Å². The molecule has 1 heterocycles. The van der Waals surface area contributed by atoms with Crippen LogP contribution < -0.4 is 0 Å². The number of allylic oxidation sites excluding steroid dienone is 3. The van der Waals surface area contributed by atoms with Gasteiger partial charge < -0.3 is 0 Å². The molecular weight excluding hydrogens is 182 g/mol. The van der Waals surface area contributed by atoms with Crippen LogP contribution in [0.5, 0.6) is 0 Å². The SMILES string of the molecule is CC(C)=CCCC(C)=CCN1CCCC1. The van der Waals surface area contributed by atoms with Crippen LogP contribution in [0.4, 0.5) is 0 Å². The fourth-order valence-corrected chi connectivity index (χ4v) is 1.94. The van der Waals surface area contributed by atoms with Gasteiger partial charge in [-0.15, -0.1) is 0 Å². The Morgan fingerprint density at radius 3 is 2.33 bits per heavy atom. The lowest BCUT2D eigenvalue weighted by atomic mass is 10.1. The van der Waals surface area contributed by atoms with Crippen molar-refractivity contribution < 1.29 is 0 Å². The average Bonchev–Trinajstić information content (AvgIpc) is 2.66. The van der Waals surface area contributed by atoms with Gasteiger partial charge >= 0.3 is 0 Å². The molecule has 0 aromatic rings. The Hall–Kier alpha value is -0.560. The molecule has 1 nitrogen and oxygen atoms in total. The van der Waals surface area contributed by atoms with E-state index in [2.05, 4.69) is 37.8 Å². The molecule has 0 aromatic carbocycles. The van der Waals surface area contributed by atoms with Crippen LogP contribution in [0.25, 0.3) is 0 Å². The third kappa shape index (κ3) is 5.78. The van der Waals surface area contributed by atoms with Crippen LogP contribution >= 0.6 is 0 Å². The van der Waals surface area contributed by atoms with Crippen LogP contribution in [0, 0.1) is 0 Å². The van der Waals surface area contributed by atoms with Gasteiger partial charge in [-0.3, -0.25) is 4.90 Å². The summed E-state index contributed by atoms with van der Waals surface area (Å²) < 4.78 is 0. The third-order valence-corrected chi connectivity index (χ3v) is 2.99. The molecule has 0 aliphatic carbocycles. The maximum Gasteiger partial charge on any atom is 0.0165 e. The van der Waals surface area contributed by atoms with Gasteiger partial charge in [-0.05, 0) is 59.5 Å². The zero-order valence-electron chi connectivity index (χ0n) is 10.6. The summed E-state index contributed by atoms with van der Waals surface area (Å²) in [6, 6.07) is 0. The molecule has 0 atom stereocenters. The first-order valence-electron chi connectivity index (χ1n) is 6.20. The third-order valence-electron chi connectivity index (χ3n) is 2.99. The highest BCUT2D eigenvalue weighted by molar-refractivity contribution is 5.03. The standard InChI is InChI=1S/C14H25N/c1-13(2)7-6-8-14(3)9-12-15-10-4-5-11-15/h7,9H,4-6,8,10-12H2,1-3H3. The predicted molar refractivity (Wildman–Crippen MR) is 68.1 cm³/mol. The maximum absolute atomic E-state index is 2.55. The first-order chi connectivity index (χ1) is 7.18. The first-order valence-corrected chi connectivity index (χ1v) is 6.20. The van der Waals surface area contributed by atoms with E-state index >= 15 is 0 Å². The van der Waals surface area contributed by atoms with Gasteiger partial charge in [0, 0.05) is 6.54 Å². The van der Waals surface area contributed by atoms with Crippen LogP contribution in [0.15, 0.2) is 23.3 Å². The minimum atomic E-state index is 1.17. The largest absolute Gasteiger partial charge is 0.300 e. The second-order valence-corrected chi connectivity index (χ2v) is 4.88. The molecule has 0 unspecified atom stereocenters. The molecule has 0 radical (unpaired) electrons. The van der Waals surface area contributed by atoms with Crippen molar-refractivity contribution in [3.8, 4) is 0 Å². The quantitative estimate of drug-likeness (QED) is 0.620. The minimum Gasteiger partial charge on any atom is -0.300 e. The first kappa shape index (κ1) is 12.5. The number of nitrogens with zero attached hydrogens (tertiary/aromatic N) is 1. The van der Waals surface area contributed by atoms with E-state index in [9.17, 15) is 0 Å². The summed E-state index contributed by atoms with van der Waals surface area (Å²) in [5, 5.41) is 0. The summed E-state index contributed by atoms with van der Waals surface area (Å²) in [6.07, 6.45) is 9.94. The maximum atomic E-state index is 2.55. The normalized spacial score (nSPS) is 18.2. The van der Waals surface area contributed by atoms with Gasteiger partial charge in [0.2, 0.25) is 0 Å². The summed E-state index contributed by atoms with van der Waals surface area (Å²) in [4.78, 5) is 2.55. The molecule has 86 valence electrons. The Labute approximate surface area is 94.9 Å². The Bertz CT molecular complexity index is 228. The van der Waals surface area contributed by atoms with Crippen molar-refractivity contribution in [2.75, 3.05) is 19.6 Å². The Morgan fingerprint density at radius 1 is 1.07 bits per heavy atom. The van der Waals surface area contributed by atoms with Gasteiger partial charge in [0.25, 0.3) is 0 Å². The van der Waals surface area contributed by atoms with Crippen LogP contribution in [-0.2, 0) is 0 Å². The van der Waals surface area contributed by atoms with Crippen molar-refractivity contribution in [3.63, 3.8) is 0 Å². The molecule has 0 spiro atoms. The molecular formula is C14H25N. The summed E-state index contributed by atoms with van der Waals surface area (Å²) in [6.45, 7) is 10.4. The molecule has 1 heteroatoms. The second kappa shape index (κ2) is 6.84. The van der Waals surface area contributed by atoms with Crippen molar-refractivity contribution in [1.29, 1.82) is 0 Å². The fraction of sp³-hybridized carbons (Fsp3) is 0.714. The van der Waals surface area contributed by atoms with Gasteiger partial charge in [0.05, 0.1) is 0 Å². The predicted octanol–water partition coefficient (Wildman–Crippen LogP) is 3.77. The highest BCUT2D eigenvalue weighted by Crippen LogP contribution is 2.10. The fourth-order valence-electron chi connectivity index (χ4n) is 1.94. The summed E-state index contributed by atoms with van der Waals surface area (Å²) in [5.74, 6) is 0. The summed E-state index contributed by atoms with van der Waals surface area (Å²) >= 11 is 0. The molecule has 0 saturated carbocycles. The molecule has 1 saturated heterocycles. The summed E-state index contributed by atoms with van der Waals surface area (Å²) in [5.41, 5.74) is 2.97. The lowest BCUT2D eigenvalue weighted by Gasteiger charge is -2.11. The Balaban J connectivity index is 2.17. The van der Waals surface area contributed by atoms with Crippen LogP contribution in [0.1, 0.15) is 46.5 Å². The van der Waals surface area contributed by atoms with Gasteiger partial charge in [0.15, 0.2) is 0 Å². The molecule has 1 aliphatic heterocycles. The van der Waals surface area contributed by atoms with E-state index in [1.54, 1.807) is 5.57 Å². The van der Waals surface area contributed by atoms with E-state index in [4.69, 9.17) is 0 Å². The van der Waals surface area contributed by atoms with Crippen LogP contribution in [0.2, 0.25) is 0 Å². The lowest BCUT2D eigenvalue weighted by molar-refractivity contribution is 0.376. The van der Waals surface area contributed by atoms with Crippen molar-refractivity contribution in [3.05, 3.63) is 23.3 Å². The molecule has 1 rings (SSSR count). The van der Waals surface area contributed by atoms with Crippen molar-refractivity contribution in [2.24, 2.45) is 0 Å². The molecule has 0 amide bonds. The van der Waals surface area contributed by atoms with E-state index < -0.39 is 0 Å². The van der Waals surface area contributed by atoms with E-state index in [1.165, 1.54) is 50.9 Å². The van der Waals surface area contributed by atoms with Crippen LogP contribution in [0.3, 0.4) is 0 Å². The highest BCUT2D eigenvalue weighted by atomic mass is 15.1. The second-order valence-electron chi connectivity index (χ2n) is 4.88.